The lowest BCUT2D eigenvalue weighted by molar-refractivity contribution is -0.120. The molecule has 1 aromatic heterocycles. The largest absolute Gasteiger partial charge is 0.422 e. The number of hydrazone groups is 1. The van der Waals surface area contributed by atoms with E-state index in [1.807, 2.05) is 12.1 Å². The van der Waals surface area contributed by atoms with Crippen molar-refractivity contribution in [3.05, 3.63) is 46.3 Å². The van der Waals surface area contributed by atoms with Gasteiger partial charge in [0.05, 0.1) is 17.3 Å². The third-order valence-corrected chi connectivity index (χ3v) is 3.17. The number of para-hydroxylation sites is 1. The Labute approximate surface area is 128 Å². The van der Waals surface area contributed by atoms with Crippen molar-refractivity contribution < 1.29 is 9.21 Å². The Bertz CT molecular complexity index is 805. The molecule has 1 aromatic carbocycles. The topological polar surface area (TPSA) is 95.5 Å². The molecule has 106 valence electrons. The summed E-state index contributed by atoms with van der Waals surface area (Å²) in [6.07, 6.45) is -0.300. The molecular weight excluding hydrogens is 338 g/mol. The molecule has 0 saturated heterocycles. The van der Waals surface area contributed by atoms with Crippen LogP contribution in [0.5, 0.6) is 0 Å². The molecule has 0 aliphatic heterocycles. The van der Waals surface area contributed by atoms with E-state index < -0.39 is 11.5 Å². The van der Waals surface area contributed by atoms with E-state index in [4.69, 9.17) is 9.68 Å². The summed E-state index contributed by atoms with van der Waals surface area (Å²) in [7, 11) is 0. The van der Waals surface area contributed by atoms with E-state index >= 15 is 0 Å². The zero-order chi connectivity index (χ0) is 15.2. The maximum Gasteiger partial charge on any atom is 0.345 e. The van der Waals surface area contributed by atoms with Crippen LogP contribution in [0.2, 0.25) is 0 Å². The summed E-state index contributed by atoms with van der Waals surface area (Å²) in [6.45, 7) is 0. The number of fused-ring (bicyclic) bond motifs is 1. The van der Waals surface area contributed by atoms with Crippen LogP contribution >= 0.6 is 15.9 Å². The predicted molar refractivity (Wildman–Crippen MR) is 81.2 cm³/mol. The van der Waals surface area contributed by atoms with Gasteiger partial charge in [-0.15, -0.1) is 0 Å². The number of carbonyl (C=O) groups excluding carboxylic acids is 1. The van der Waals surface area contributed by atoms with E-state index in [0.717, 1.165) is 5.39 Å². The Morgan fingerprint density at radius 1 is 1.43 bits per heavy atom. The fourth-order valence-electron chi connectivity index (χ4n) is 1.67. The summed E-state index contributed by atoms with van der Waals surface area (Å²) in [6, 6.07) is 10.5. The number of nitrogens with zero attached hydrogens (tertiary/aromatic N) is 2. The van der Waals surface area contributed by atoms with E-state index in [9.17, 15) is 9.59 Å². The molecule has 0 radical (unpaired) electrons. The Balaban J connectivity index is 2.40. The second-order valence-electron chi connectivity index (χ2n) is 4.05. The Kier molecular flexibility index (Phi) is 4.85. The molecular formula is C14H10BrN3O3. The number of rotatable bonds is 4. The van der Waals surface area contributed by atoms with Gasteiger partial charge in [0.2, 0.25) is 0 Å². The number of nitriles is 1. The van der Waals surface area contributed by atoms with Crippen molar-refractivity contribution >= 4 is 38.5 Å². The number of halogens is 1. The number of alkyl halides is 1. The summed E-state index contributed by atoms with van der Waals surface area (Å²) in [5.74, 6) is -0.541. The van der Waals surface area contributed by atoms with Crippen molar-refractivity contribution in [2.45, 2.75) is 6.42 Å². The Hall–Kier alpha value is -2.46. The van der Waals surface area contributed by atoms with E-state index in [1.165, 1.54) is 0 Å². The highest BCUT2D eigenvalue weighted by Crippen LogP contribution is 2.13. The van der Waals surface area contributed by atoms with Crippen LogP contribution in [0.25, 0.3) is 11.0 Å². The first-order valence-corrected chi connectivity index (χ1v) is 7.09. The minimum absolute atomic E-state index is 0.253. The second kappa shape index (κ2) is 6.81. The quantitative estimate of drug-likeness (QED) is 0.395. The predicted octanol–water partition coefficient (Wildman–Crippen LogP) is 1.92. The van der Waals surface area contributed by atoms with Gasteiger partial charge < -0.3 is 4.42 Å². The number of hydrogen-bond acceptors (Lipinski definition) is 5. The molecule has 0 spiro atoms. The van der Waals surface area contributed by atoms with Gasteiger partial charge in [0, 0.05) is 10.7 Å². The number of hydrogen-bond donors (Lipinski definition) is 1. The molecule has 1 amide bonds. The van der Waals surface area contributed by atoms with Crippen molar-refractivity contribution in [3.63, 3.8) is 0 Å². The van der Waals surface area contributed by atoms with Crippen LogP contribution in [0, 0.1) is 11.3 Å². The number of nitrogens with one attached hydrogen (secondary N) is 1. The van der Waals surface area contributed by atoms with Gasteiger partial charge in [0.1, 0.15) is 12.0 Å². The molecule has 7 heteroatoms. The lowest BCUT2D eigenvalue weighted by Crippen LogP contribution is -2.23. The Morgan fingerprint density at radius 2 is 2.19 bits per heavy atom. The summed E-state index contributed by atoms with van der Waals surface area (Å²) >= 11 is 3.21. The molecule has 0 saturated carbocycles. The fraction of sp³-hybridized carbons (Fsp3) is 0.143. The molecule has 0 aliphatic rings. The minimum Gasteiger partial charge on any atom is -0.422 e. The van der Waals surface area contributed by atoms with Gasteiger partial charge in [0.15, 0.2) is 0 Å². The van der Waals surface area contributed by atoms with Gasteiger partial charge in [-0.25, -0.2) is 10.2 Å². The minimum atomic E-state index is -0.541. The van der Waals surface area contributed by atoms with E-state index in [-0.39, 0.29) is 17.3 Å². The van der Waals surface area contributed by atoms with Crippen LogP contribution in [-0.4, -0.2) is 16.9 Å². The number of amides is 1. The molecule has 1 N–H and O–H groups in total. The molecule has 21 heavy (non-hydrogen) atoms. The smallest absolute Gasteiger partial charge is 0.345 e. The molecule has 0 bridgehead atoms. The average molecular weight is 348 g/mol. The fourth-order valence-corrected chi connectivity index (χ4v) is 2.09. The van der Waals surface area contributed by atoms with E-state index in [0.29, 0.717) is 11.3 Å². The molecule has 2 rings (SSSR count). The summed E-state index contributed by atoms with van der Waals surface area (Å²) in [5.41, 5.74) is 2.74. The van der Waals surface area contributed by atoms with Gasteiger partial charge in [-0.1, -0.05) is 34.1 Å². The zero-order valence-corrected chi connectivity index (χ0v) is 12.4. The molecule has 0 unspecified atom stereocenters. The maximum atomic E-state index is 12.0. The van der Waals surface area contributed by atoms with Crippen LogP contribution in [-0.2, 0) is 4.79 Å². The third-order valence-electron chi connectivity index (χ3n) is 2.63. The maximum absolute atomic E-state index is 12.0. The second-order valence-corrected chi connectivity index (χ2v) is 4.61. The van der Waals surface area contributed by atoms with Gasteiger partial charge in [-0.2, -0.15) is 10.4 Å². The van der Waals surface area contributed by atoms with Crippen LogP contribution < -0.4 is 11.1 Å². The van der Waals surface area contributed by atoms with Crippen LogP contribution in [0.1, 0.15) is 12.0 Å². The van der Waals surface area contributed by atoms with Crippen LogP contribution in [0.4, 0.5) is 0 Å². The van der Waals surface area contributed by atoms with E-state index in [2.05, 4.69) is 26.5 Å². The van der Waals surface area contributed by atoms with Crippen molar-refractivity contribution in [2.24, 2.45) is 5.10 Å². The van der Waals surface area contributed by atoms with Crippen LogP contribution in [0.15, 0.2) is 44.6 Å². The molecule has 6 nitrogen and oxygen atoms in total. The van der Waals surface area contributed by atoms with Gasteiger partial charge in [-0.05, 0) is 12.1 Å². The van der Waals surface area contributed by atoms with Gasteiger partial charge >= 0.3 is 5.63 Å². The first-order valence-electron chi connectivity index (χ1n) is 5.97. The molecule has 1 heterocycles. The highest BCUT2D eigenvalue weighted by Gasteiger charge is 2.11. The van der Waals surface area contributed by atoms with Crippen molar-refractivity contribution in [1.82, 2.24) is 5.43 Å². The number of benzene rings is 1. The first-order chi connectivity index (χ1) is 10.2. The van der Waals surface area contributed by atoms with Gasteiger partial charge in [-0.3, -0.25) is 4.79 Å². The standard InChI is InChI=1S/C14H10BrN3O3/c15-8-11(17-18-13(19)5-6-16)10-7-9-3-1-2-4-12(9)21-14(10)20/h1-4,7H,5,8H2,(H,18,19)/b17-11+. The highest BCUT2D eigenvalue weighted by molar-refractivity contribution is 9.09. The van der Waals surface area contributed by atoms with Crippen LogP contribution in [0.3, 0.4) is 0 Å². The zero-order valence-electron chi connectivity index (χ0n) is 10.8. The molecule has 0 fully saturated rings. The molecule has 2 aromatic rings. The molecule has 0 aliphatic carbocycles. The summed E-state index contributed by atoms with van der Waals surface area (Å²) < 4.78 is 5.21. The average Bonchev–Trinajstić information content (AvgIpc) is 2.48. The lowest BCUT2D eigenvalue weighted by atomic mass is 10.1. The van der Waals surface area contributed by atoms with E-state index in [1.54, 1.807) is 24.3 Å². The molecule has 0 atom stereocenters. The van der Waals surface area contributed by atoms with Crippen molar-refractivity contribution in [1.29, 1.82) is 5.26 Å². The van der Waals surface area contributed by atoms with Crippen molar-refractivity contribution in [3.8, 4) is 6.07 Å². The Morgan fingerprint density at radius 3 is 2.90 bits per heavy atom. The summed E-state index contributed by atoms with van der Waals surface area (Å²) in [5, 5.41) is 13.3. The SMILES string of the molecule is N#CCC(=O)N/N=C(\CBr)c1cc2ccccc2oc1=O. The first kappa shape index (κ1) is 14.9. The van der Waals surface area contributed by atoms with Gasteiger partial charge in [0.25, 0.3) is 5.91 Å². The number of carbonyl (C=O) groups is 1. The highest BCUT2D eigenvalue weighted by atomic mass is 79.9. The normalized spacial score (nSPS) is 11.1. The summed E-state index contributed by atoms with van der Waals surface area (Å²) in [4.78, 5) is 23.2. The third kappa shape index (κ3) is 3.55. The monoisotopic (exact) mass is 347 g/mol. The van der Waals surface area contributed by atoms with Crippen molar-refractivity contribution in [2.75, 3.05) is 5.33 Å². The lowest BCUT2D eigenvalue weighted by Gasteiger charge is -2.04.